The van der Waals surface area contributed by atoms with Crippen LogP contribution >= 0.6 is 0 Å². The predicted molar refractivity (Wildman–Crippen MR) is 72.7 cm³/mol. The Balaban J connectivity index is 2.55. The highest BCUT2D eigenvalue weighted by Gasteiger charge is 2.10. The summed E-state index contributed by atoms with van der Waals surface area (Å²) in [6.07, 6.45) is 0. The second kappa shape index (κ2) is 5.56. The van der Waals surface area contributed by atoms with E-state index in [1.165, 1.54) is 10.7 Å². The van der Waals surface area contributed by atoms with Crippen LogP contribution in [-0.2, 0) is 6.54 Å². The van der Waals surface area contributed by atoms with Crippen LogP contribution in [0.3, 0.4) is 0 Å². The van der Waals surface area contributed by atoms with Crippen LogP contribution in [-0.4, -0.2) is 24.0 Å². The average molecular weight is 260 g/mol. The molecule has 0 bridgehead atoms. The normalized spacial score (nSPS) is 10.3. The molecule has 2 rings (SSSR count). The van der Waals surface area contributed by atoms with E-state index in [0.717, 1.165) is 5.56 Å². The third-order valence-corrected chi connectivity index (χ3v) is 2.85. The van der Waals surface area contributed by atoms with E-state index in [1.54, 1.807) is 26.4 Å². The van der Waals surface area contributed by atoms with Gasteiger partial charge in [0.05, 0.1) is 19.9 Å². The molecule has 100 valence electrons. The van der Waals surface area contributed by atoms with Gasteiger partial charge in [-0.3, -0.25) is 4.79 Å². The highest BCUT2D eigenvalue weighted by atomic mass is 16.5. The first-order valence-electron chi connectivity index (χ1n) is 6.00. The van der Waals surface area contributed by atoms with Crippen molar-refractivity contribution in [2.45, 2.75) is 13.5 Å². The number of aromatic nitrogens is 2. The second-order valence-corrected chi connectivity index (χ2v) is 3.94. The Bertz CT molecular complexity index is 635. The molecule has 0 radical (unpaired) electrons. The molecule has 0 atom stereocenters. The Labute approximate surface area is 111 Å². The molecule has 0 aliphatic carbocycles. The molecular weight excluding hydrogens is 244 g/mol. The van der Waals surface area contributed by atoms with E-state index in [0.29, 0.717) is 23.7 Å². The number of benzene rings is 1. The van der Waals surface area contributed by atoms with Gasteiger partial charge in [-0.25, -0.2) is 4.68 Å². The van der Waals surface area contributed by atoms with E-state index in [1.807, 2.05) is 19.1 Å². The number of rotatable bonds is 4. The van der Waals surface area contributed by atoms with E-state index >= 15 is 0 Å². The molecule has 0 saturated carbocycles. The molecule has 19 heavy (non-hydrogen) atoms. The zero-order valence-corrected chi connectivity index (χ0v) is 11.2. The highest BCUT2D eigenvalue weighted by Crippen LogP contribution is 2.31. The van der Waals surface area contributed by atoms with Gasteiger partial charge in [-0.05, 0) is 25.1 Å². The van der Waals surface area contributed by atoms with Gasteiger partial charge in [0.25, 0.3) is 5.56 Å². The fourth-order valence-corrected chi connectivity index (χ4v) is 1.83. The third-order valence-electron chi connectivity index (χ3n) is 2.85. The molecule has 0 unspecified atom stereocenters. The minimum Gasteiger partial charge on any atom is -0.497 e. The third kappa shape index (κ3) is 2.59. The summed E-state index contributed by atoms with van der Waals surface area (Å²) < 4.78 is 11.9. The monoisotopic (exact) mass is 260 g/mol. The standard InChI is InChI=1S/C14H16N2O3/c1-4-16-14(17)8-7-12(15-16)11-6-5-10(18-2)9-13(11)19-3/h5-9H,4H2,1-3H3. The van der Waals surface area contributed by atoms with Crippen molar-refractivity contribution in [3.05, 3.63) is 40.7 Å². The summed E-state index contributed by atoms with van der Waals surface area (Å²) in [4.78, 5) is 11.5. The molecule has 5 heteroatoms. The summed E-state index contributed by atoms with van der Waals surface area (Å²) >= 11 is 0. The molecule has 0 aliphatic heterocycles. The summed E-state index contributed by atoms with van der Waals surface area (Å²) in [6.45, 7) is 2.41. The molecule has 0 amide bonds. The lowest BCUT2D eigenvalue weighted by Crippen LogP contribution is -2.21. The van der Waals surface area contributed by atoms with Crippen molar-refractivity contribution in [1.82, 2.24) is 9.78 Å². The van der Waals surface area contributed by atoms with Gasteiger partial charge in [0, 0.05) is 24.2 Å². The Morgan fingerprint density at radius 2 is 1.95 bits per heavy atom. The van der Waals surface area contributed by atoms with Crippen molar-refractivity contribution < 1.29 is 9.47 Å². The van der Waals surface area contributed by atoms with Gasteiger partial charge < -0.3 is 9.47 Å². The van der Waals surface area contributed by atoms with E-state index in [9.17, 15) is 4.79 Å². The fraction of sp³-hybridized carbons (Fsp3) is 0.286. The van der Waals surface area contributed by atoms with Crippen LogP contribution in [0.15, 0.2) is 35.1 Å². The number of hydrogen-bond donors (Lipinski definition) is 0. The molecule has 1 aromatic carbocycles. The zero-order valence-electron chi connectivity index (χ0n) is 11.2. The minimum atomic E-state index is -0.112. The van der Waals surface area contributed by atoms with Crippen LogP contribution in [0.1, 0.15) is 6.92 Å². The average Bonchev–Trinajstić information content (AvgIpc) is 2.47. The van der Waals surface area contributed by atoms with Crippen LogP contribution in [0.4, 0.5) is 0 Å². The fourth-order valence-electron chi connectivity index (χ4n) is 1.83. The van der Waals surface area contributed by atoms with Gasteiger partial charge in [-0.15, -0.1) is 0 Å². The topological polar surface area (TPSA) is 53.4 Å². The first-order chi connectivity index (χ1) is 9.19. The van der Waals surface area contributed by atoms with Gasteiger partial charge in [0.1, 0.15) is 11.5 Å². The lowest BCUT2D eigenvalue weighted by atomic mass is 10.1. The number of ether oxygens (including phenoxy) is 2. The van der Waals surface area contributed by atoms with Crippen molar-refractivity contribution in [3.8, 4) is 22.8 Å². The van der Waals surface area contributed by atoms with Crippen molar-refractivity contribution in [3.63, 3.8) is 0 Å². The van der Waals surface area contributed by atoms with Crippen molar-refractivity contribution in [2.75, 3.05) is 14.2 Å². The Hall–Kier alpha value is -2.30. The summed E-state index contributed by atoms with van der Waals surface area (Å²) in [7, 11) is 3.19. The van der Waals surface area contributed by atoms with Crippen LogP contribution in [0.25, 0.3) is 11.3 Å². The van der Waals surface area contributed by atoms with Crippen molar-refractivity contribution in [2.24, 2.45) is 0 Å². The van der Waals surface area contributed by atoms with Crippen LogP contribution in [0.2, 0.25) is 0 Å². The first kappa shape index (κ1) is 13.1. The number of nitrogens with zero attached hydrogens (tertiary/aromatic N) is 2. The largest absolute Gasteiger partial charge is 0.497 e. The molecule has 0 N–H and O–H groups in total. The maximum atomic E-state index is 11.5. The molecule has 0 fully saturated rings. The minimum absolute atomic E-state index is 0.112. The first-order valence-corrected chi connectivity index (χ1v) is 6.00. The highest BCUT2D eigenvalue weighted by molar-refractivity contribution is 5.68. The van der Waals surface area contributed by atoms with Crippen molar-refractivity contribution >= 4 is 0 Å². The molecule has 0 spiro atoms. The summed E-state index contributed by atoms with van der Waals surface area (Å²) in [5.41, 5.74) is 1.41. The molecule has 5 nitrogen and oxygen atoms in total. The van der Waals surface area contributed by atoms with Crippen molar-refractivity contribution in [1.29, 1.82) is 0 Å². The SMILES string of the molecule is CCn1nc(-c2ccc(OC)cc2OC)ccc1=O. The van der Waals surface area contributed by atoms with E-state index in [4.69, 9.17) is 9.47 Å². The summed E-state index contributed by atoms with van der Waals surface area (Å²) in [5, 5.41) is 4.31. The van der Waals surface area contributed by atoms with E-state index in [-0.39, 0.29) is 5.56 Å². The van der Waals surface area contributed by atoms with E-state index in [2.05, 4.69) is 5.10 Å². The van der Waals surface area contributed by atoms with Gasteiger partial charge >= 0.3 is 0 Å². The van der Waals surface area contributed by atoms with Gasteiger partial charge in [0.2, 0.25) is 0 Å². The number of aryl methyl sites for hydroxylation is 1. The smallest absolute Gasteiger partial charge is 0.266 e. The maximum absolute atomic E-state index is 11.5. The number of methoxy groups -OCH3 is 2. The quantitative estimate of drug-likeness (QED) is 0.843. The van der Waals surface area contributed by atoms with Crippen LogP contribution in [0, 0.1) is 0 Å². The summed E-state index contributed by atoms with van der Waals surface area (Å²) in [6, 6.07) is 8.69. The van der Waals surface area contributed by atoms with Gasteiger partial charge in [0.15, 0.2) is 0 Å². The Morgan fingerprint density at radius 1 is 1.16 bits per heavy atom. The second-order valence-electron chi connectivity index (χ2n) is 3.94. The van der Waals surface area contributed by atoms with Gasteiger partial charge in [-0.2, -0.15) is 5.10 Å². The van der Waals surface area contributed by atoms with E-state index < -0.39 is 0 Å². The number of hydrogen-bond acceptors (Lipinski definition) is 4. The Kier molecular flexibility index (Phi) is 3.85. The lowest BCUT2D eigenvalue weighted by Gasteiger charge is -2.10. The maximum Gasteiger partial charge on any atom is 0.266 e. The lowest BCUT2D eigenvalue weighted by molar-refractivity contribution is 0.395. The summed E-state index contributed by atoms with van der Waals surface area (Å²) in [5.74, 6) is 1.37. The molecule has 1 heterocycles. The molecular formula is C14H16N2O3. The Morgan fingerprint density at radius 3 is 2.58 bits per heavy atom. The van der Waals surface area contributed by atoms with Gasteiger partial charge in [-0.1, -0.05) is 0 Å². The molecule has 2 aromatic rings. The zero-order chi connectivity index (χ0) is 13.8. The molecule has 1 aromatic heterocycles. The predicted octanol–water partition coefficient (Wildman–Crippen LogP) is 1.95. The molecule has 0 saturated heterocycles. The van der Waals surface area contributed by atoms with Crippen LogP contribution in [0.5, 0.6) is 11.5 Å². The molecule has 0 aliphatic rings. The van der Waals surface area contributed by atoms with Crippen LogP contribution < -0.4 is 15.0 Å².